The van der Waals surface area contributed by atoms with Gasteiger partial charge >= 0.3 is 0 Å². The molecule has 22 heavy (non-hydrogen) atoms. The van der Waals surface area contributed by atoms with Crippen LogP contribution in [0, 0.1) is 6.92 Å². The van der Waals surface area contributed by atoms with Gasteiger partial charge in [-0.25, -0.2) is 4.98 Å². The van der Waals surface area contributed by atoms with Crippen molar-refractivity contribution in [3.63, 3.8) is 0 Å². The van der Waals surface area contributed by atoms with E-state index >= 15 is 0 Å². The maximum atomic E-state index is 12.2. The predicted molar refractivity (Wildman–Crippen MR) is 92.6 cm³/mol. The van der Waals surface area contributed by atoms with E-state index in [4.69, 9.17) is 28.2 Å². The molecule has 1 aromatic heterocycles. The molecule has 2 nitrogen and oxygen atoms in total. The number of halogens is 2. The molecule has 0 saturated heterocycles. The van der Waals surface area contributed by atoms with Crippen LogP contribution in [-0.2, 0) is 5.41 Å². The van der Waals surface area contributed by atoms with Gasteiger partial charge in [0, 0.05) is 21.9 Å². The summed E-state index contributed by atoms with van der Waals surface area (Å²) in [4.78, 5) is 17.7. The molecule has 0 unspecified atom stereocenters. The normalized spacial score (nSPS) is 15.8. The van der Waals surface area contributed by atoms with Crippen LogP contribution in [0.4, 0.5) is 0 Å². The molecule has 1 aromatic carbocycles. The summed E-state index contributed by atoms with van der Waals surface area (Å²) in [5, 5.41) is 2.33. The molecule has 5 heteroatoms. The minimum Gasteiger partial charge on any atom is -0.293 e. The maximum Gasteiger partial charge on any atom is 0.174 e. The Morgan fingerprint density at radius 1 is 1.36 bits per heavy atom. The highest BCUT2D eigenvalue weighted by Crippen LogP contribution is 2.56. The van der Waals surface area contributed by atoms with Crippen molar-refractivity contribution in [3.8, 4) is 0 Å². The Labute approximate surface area is 144 Å². The van der Waals surface area contributed by atoms with Crippen molar-refractivity contribution in [1.29, 1.82) is 0 Å². The Kier molecular flexibility index (Phi) is 4.32. The molecule has 1 fully saturated rings. The van der Waals surface area contributed by atoms with Gasteiger partial charge in [-0.3, -0.25) is 4.79 Å². The first-order chi connectivity index (χ1) is 10.5. The summed E-state index contributed by atoms with van der Waals surface area (Å²) < 4.78 is 0. The van der Waals surface area contributed by atoms with Gasteiger partial charge < -0.3 is 0 Å². The molecule has 3 rings (SSSR count). The van der Waals surface area contributed by atoms with Gasteiger partial charge in [0.05, 0.1) is 10.6 Å². The average Bonchev–Trinajstić information content (AvgIpc) is 3.16. The summed E-state index contributed by atoms with van der Waals surface area (Å²) in [5.41, 5.74) is 1.79. The Morgan fingerprint density at radius 3 is 2.68 bits per heavy atom. The number of carbonyl (C=O) groups excluding carboxylic acids is 1. The van der Waals surface area contributed by atoms with E-state index in [2.05, 4.69) is 0 Å². The Morgan fingerprint density at radius 2 is 2.09 bits per heavy atom. The van der Waals surface area contributed by atoms with Crippen molar-refractivity contribution in [3.05, 3.63) is 49.4 Å². The number of Topliss-reactive ketones (excluding diaryl/α,β-unsaturated/α-hetero) is 1. The lowest BCUT2D eigenvalue weighted by Crippen LogP contribution is -2.09. The minimum absolute atomic E-state index is 0.123. The molecular formula is C17H17Cl2NOS. The molecule has 0 spiro atoms. The number of hydrogen-bond donors (Lipinski definition) is 0. The minimum atomic E-state index is -0.123. The van der Waals surface area contributed by atoms with Crippen molar-refractivity contribution in [1.82, 2.24) is 4.98 Å². The largest absolute Gasteiger partial charge is 0.293 e. The van der Waals surface area contributed by atoms with Crippen molar-refractivity contribution in [2.45, 2.75) is 44.9 Å². The number of carbonyl (C=O) groups is 1. The fourth-order valence-electron chi connectivity index (χ4n) is 2.80. The second kappa shape index (κ2) is 5.95. The van der Waals surface area contributed by atoms with Crippen molar-refractivity contribution >= 4 is 40.3 Å². The van der Waals surface area contributed by atoms with E-state index < -0.39 is 0 Å². The molecule has 1 aliphatic rings. The van der Waals surface area contributed by atoms with E-state index in [0.717, 1.165) is 40.4 Å². The number of hydrogen-bond acceptors (Lipinski definition) is 3. The molecule has 1 saturated carbocycles. The van der Waals surface area contributed by atoms with Crippen LogP contribution in [0.2, 0.25) is 10.0 Å². The van der Waals surface area contributed by atoms with Crippen molar-refractivity contribution < 1.29 is 4.79 Å². The van der Waals surface area contributed by atoms with Crippen LogP contribution in [0.5, 0.6) is 0 Å². The van der Waals surface area contributed by atoms with E-state index in [9.17, 15) is 4.79 Å². The van der Waals surface area contributed by atoms with Crippen LogP contribution in [-0.4, -0.2) is 10.8 Å². The molecule has 0 atom stereocenters. The van der Waals surface area contributed by atoms with Gasteiger partial charge in [-0.05, 0) is 43.9 Å². The molecule has 116 valence electrons. The summed E-state index contributed by atoms with van der Waals surface area (Å²) >= 11 is 13.9. The van der Waals surface area contributed by atoms with Crippen LogP contribution in [0.1, 0.15) is 58.5 Å². The Bertz CT molecular complexity index is 734. The number of benzene rings is 1. The van der Waals surface area contributed by atoms with Gasteiger partial charge in [-0.1, -0.05) is 36.2 Å². The summed E-state index contributed by atoms with van der Waals surface area (Å²) in [6, 6.07) is 5.64. The zero-order valence-electron chi connectivity index (χ0n) is 12.6. The second-order valence-corrected chi connectivity index (χ2v) is 7.66. The van der Waals surface area contributed by atoms with Crippen LogP contribution in [0.25, 0.3) is 0 Å². The first kappa shape index (κ1) is 16.0. The van der Waals surface area contributed by atoms with Gasteiger partial charge in [0.2, 0.25) is 0 Å². The average molecular weight is 354 g/mol. The smallest absolute Gasteiger partial charge is 0.174 e. The van der Waals surface area contributed by atoms with E-state index in [1.54, 1.807) is 6.07 Å². The topological polar surface area (TPSA) is 30.0 Å². The number of aryl methyl sites for hydroxylation is 1. The third kappa shape index (κ3) is 2.70. The number of aromatic nitrogens is 1. The fourth-order valence-corrected chi connectivity index (χ4v) is 4.69. The maximum absolute atomic E-state index is 12.2. The molecule has 0 N–H and O–H groups in total. The standard InChI is InChI=1S/C17H17Cl2NOS/c1-3-4-14(21)15-10(2)20-16(22-15)17(7-8-17)12-6-5-11(18)9-13(12)19/h5-6,9H,3-4,7-8H2,1-2H3. The zero-order valence-corrected chi connectivity index (χ0v) is 14.9. The van der Waals surface area contributed by atoms with E-state index in [1.807, 2.05) is 26.0 Å². The highest BCUT2D eigenvalue weighted by atomic mass is 35.5. The molecule has 1 aliphatic carbocycles. The van der Waals surface area contributed by atoms with E-state index in [0.29, 0.717) is 16.5 Å². The molecule has 0 bridgehead atoms. The molecule has 0 aliphatic heterocycles. The first-order valence-electron chi connectivity index (χ1n) is 7.44. The third-order valence-corrected chi connectivity index (χ3v) is 6.08. The van der Waals surface area contributed by atoms with Gasteiger partial charge in [-0.2, -0.15) is 0 Å². The van der Waals surface area contributed by atoms with E-state index in [1.165, 1.54) is 11.3 Å². The molecule has 2 aromatic rings. The van der Waals surface area contributed by atoms with Crippen molar-refractivity contribution in [2.75, 3.05) is 0 Å². The van der Waals surface area contributed by atoms with Crippen LogP contribution in [0.3, 0.4) is 0 Å². The highest BCUT2D eigenvalue weighted by Gasteiger charge is 2.50. The van der Waals surface area contributed by atoms with Gasteiger partial charge in [0.15, 0.2) is 5.78 Å². The highest BCUT2D eigenvalue weighted by molar-refractivity contribution is 7.14. The lowest BCUT2D eigenvalue weighted by molar-refractivity contribution is 0.0985. The van der Waals surface area contributed by atoms with Gasteiger partial charge in [0.25, 0.3) is 0 Å². The lowest BCUT2D eigenvalue weighted by Gasteiger charge is -2.14. The Balaban J connectivity index is 2.00. The third-order valence-electron chi connectivity index (χ3n) is 4.13. The summed E-state index contributed by atoms with van der Waals surface area (Å²) in [5.74, 6) is 0.196. The van der Waals surface area contributed by atoms with Gasteiger partial charge in [-0.15, -0.1) is 11.3 Å². The number of ketones is 1. The number of thiazole rings is 1. The molecule has 0 radical (unpaired) electrons. The lowest BCUT2D eigenvalue weighted by atomic mass is 9.96. The SMILES string of the molecule is CCCC(=O)c1sc(C2(c3ccc(Cl)cc3Cl)CC2)nc1C. The first-order valence-corrected chi connectivity index (χ1v) is 9.02. The fraction of sp³-hybridized carbons (Fsp3) is 0.412. The Hall–Kier alpha value is -0.900. The summed E-state index contributed by atoms with van der Waals surface area (Å²) in [7, 11) is 0. The van der Waals surface area contributed by atoms with E-state index in [-0.39, 0.29) is 11.2 Å². The number of rotatable bonds is 5. The second-order valence-electron chi connectivity index (χ2n) is 5.81. The quantitative estimate of drug-likeness (QED) is 0.633. The molecule has 0 amide bonds. The summed E-state index contributed by atoms with van der Waals surface area (Å²) in [6.45, 7) is 3.94. The summed E-state index contributed by atoms with van der Waals surface area (Å²) in [6.07, 6.45) is 3.47. The van der Waals surface area contributed by atoms with Gasteiger partial charge in [0.1, 0.15) is 5.01 Å². The number of nitrogens with zero attached hydrogens (tertiary/aromatic N) is 1. The molecular weight excluding hydrogens is 337 g/mol. The van der Waals surface area contributed by atoms with Crippen molar-refractivity contribution in [2.24, 2.45) is 0 Å². The van der Waals surface area contributed by atoms with Crippen LogP contribution < -0.4 is 0 Å². The molecule has 1 heterocycles. The van der Waals surface area contributed by atoms with Crippen LogP contribution >= 0.6 is 34.5 Å². The predicted octanol–water partition coefficient (Wildman–Crippen LogP) is 5.82. The monoisotopic (exact) mass is 353 g/mol. The van der Waals surface area contributed by atoms with Crippen LogP contribution in [0.15, 0.2) is 18.2 Å². The zero-order chi connectivity index (χ0) is 15.9.